The van der Waals surface area contributed by atoms with Crippen molar-refractivity contribution in [2.45, 2.75) is 19.4 Å². The summed E-state index contributed by atoms with van der Waals surface area (Å²) < 4.78 is 26.7. The topological polar surface area (TPSA) is 44.1 Å². The molecule has 0 radical (unpaired) electrons. The molecule has 1 aromatic carbocycles. The highest BCUT2D eigenvalue weighted by Crippen LogP contribution is 2.15. The Morgan fingerprint density at radius 2 is 2.00 bits per heavy atom. The average molecular weight is 238 g/mol. The molecule has 0 aliphatic rings. The number of amides is 1. The van der Waals surface area contributed by atoms with E-state index in [1.54, 1.807) is 6.92 Å². The summed E-state index contributed by atoms with van der Waals surface area (Å²) in [6.45, 7) is 1.64. The molecule has 1 unspecified atom stereocenters. The Bertz CT molecular complexity index is 448. The van der Waals surface area contributed by atoms with E-state index in [0.29, 0.717) is 0 Å². The fourth-order valence-corrected chi connectivity index (χ4v) is 1.35. The second kappa shape index (κ2) is 5.39. The maximum Gasteiger partial charge on any atom is 0.259 e. The maximum absolute atomic E-state index is 13.4. The molecule has 1 atom stereocenters. The Kier molecular flexibility index (Phi) is 4.16. The van der Waals surface area contributed by atoms with Crippen molar-refractivity contribution in [2.24, 2.45) is 0 Å². The van der Waals surface area contributed by atoms with Crippen molar-refractivity contribution in [3.63, 3.8) is 0 Å². The van der Waals surface area contributed by atoms with Gasteiger partial charge in [0.1, 0.15) is 17.2 Å². The Balaban J connectivity index is 3.01. The predicted octanol–water partition coefficient (Wildman–Crippen LogP) is 2.34. The van der Waals surface area contributed by atoms with Crippen LogP contribution in [0.4, 0.5) is 8.78 Å². The van der Waals surface area contributed by atoms with Gasteiger partial charge in [-0.05, 0) is 19.1 Å². The second-order valence-corrected chi connectivity index (χ2v) is 3.72. The van der Waals surface area contributed by atoms with E-state index in [0.717, 1.165) is 17.0 Å². The van der Waals surface area contributed by atoms with E-state index in [1.165, 1.54) is 13.1 Å². The standard InChI is InChI=1S/C12H12F2N2O/c1-8(6-7-15)16(2)12(17)11-9(13)4-3-5-10(11)14/h3-5,8H,6H2,1-2H3. The van der Waals surface area contributed by atoms with Crippen LogP contribution in [0.15, 0.2) is 18.2 Å². The lowest BCUT2D eigenvalue weighted by Crippen LogP contribution is -2.35. The van der Waals surface area contributed by atoms with E-state index in [9.17, 15) is 13.6 Å². The molecule has 1 amide bonds. The molecule has 0 saturated heterocycles. The third-order valence-corrected chi connectivity index (χ3v) is 2.54. The molecule has 0 spiro atoms. The van der Waals surface area contributed by atoms with Gasteiger partial charge in [0, 0.05) is 13.1 Å². The molecular formula is C12H12F2N2O. The van der Waals surface area contributed by atoms with Crippen molar-refractivity contribution in [1.29, 1.82) is 5.26 Å². The van der Waals surface area contributed by atoms with E-state index >= 15 is 0 Å². The van der Waals surface area contributed by atoms with Crippen molar-refractivity contribution in [3.05, 3.63) is 35.4 Å². The molecule has 3 nitrogen and oxygen atoms in total. The summed E-state index contributed by atoms with van der Waals surface area (Å²) in [5.41, 5.74) is -0.584. The number of nitriles is 1. The molecule has 1 aromatic rings. The Morgan fingerprint density at radius 1 is 1.47 bits per heavy atom. The number of rotatable bonds is 3. The van der Waals surface area contributed by atoms with Crippen LogP contribution in [0.25, 0.3) is 0 Å². The van der Waals surface area contributed by atoms with Crippen LogP contribution in [-0.2, 0) is 0 Å². The minimum absolute atomic E-state index is 0.109. The highest BCUT2D eigenvalue weighted by molar-refractivity contribution is 5.94. The minimum Gasteiger partial charge on any atom is -0.338 e. The molecule has 0 aromatic heterocycles. The van der Waals surface area contributed by atoms with Crippen molar-refractivity contribution >= 4 is 5.91 Å². The SMILES string of the molecule is CC(CC#N)N(C)C(=O)c1c(F)cccc1F. The second-order valence-electron chi connectivity index (χ2n) is 3.72. The van der Waals surface area contributed by atoms with Gasteiger partial charge in [0.25, 0.3) is 5.91 Å². The zero-order valence-electron chi connectivity index (χ0n) is 9.58. The van der Waals surface area contributed by atoms with Crippen LogP contribution >= 0.6 is 0 Å². The lowest BCUT2D eigenvalue weighted by molar-refractivity contribution is 0.0736. The largest absolute Gasteiger partial charge is 0.338 e. The summed E-state index contributed by atoms with van der Waals surface area (Å²) in [5.74, 6) is -2.56. The molecule has 5 heteroatoms. The zero-order chi connectivity index (χ0) is 13.0. The number of halogens is 2. The van der Waals surface area contributed by atoms with Crippen LogP contribution in [0.3, 0.4) is 0 Å². The average Bonchev–Trinajstić information content (AvgIpc) is 2.27. The molecule has 90 valence electrons. The Labute approximate surface area is 98.3 Å². The number of hydrogen-bond acceptors (Lipinski definition) is 2. The highest BCUT2D eigenvalue weighted by Gasteiger charge is 2.23. The van der Waals surface area contributed by atoms with Crippen LogP contribution in [0.1, 0.15) is 23.7 Å². The number of hydrogen-bond donors (Lipinski definition) is 0. The van der Waals surface area contributed by atoms with Gasteiger partial charge in [-0.2, -0.15) is 5.26 Å². The fourth-order valence-electron chi connectivity index (χ4n) is 1.35. The van der Waals surface area contributed by atoms with Gasteiger partial charge in [-0.15, -0.1) is 0 Å². The fraction of sp³-hybridized carbons (Fsp3) is 0.333. The van der Waals surface area contributed by atoms with Crippen LogP contribution in [0.5, 0.6) is 0 Å². The van der Waals surface area contributed by atoms with Crippen molar-refractivity contribution < 1.29 is 13.6 Å². The summed E-state index contributed by atoms with van der Waals surface area (Å²) >= 11 is 0. The summed E-state index contributed by atoms with van der Waals surface area (Å²) in [4.78, 5) is 13.0. The predicted molar refractivity (Wildman–Crippen MR) is 58.1 cm³/mol. The monoisotopic (exact) mass is 238 g/mol. The van der Waals surface area contributed by atoms with Crippen molar-refractivity contribution in [3.8, 4) is 6.07 Å². The summed E-state index contributed by atoms with van der Waals surface area (Å²) in [6.07, 6.45) is 0.109. The van der Waals surface area contributed by atoms with E-state index in [-0.39, 0.29) is 6.42 Å². The Morgan fingerprint density at radius 3 is 2.47 bits per heavy atom. The van der Waals surface area contributed by atoms with Gasteiger partial charge in [-0.3, -0.25) is 4.79 Å². The first-order chi connectivity index (χ1) is 7.99. The van der Waals surface area contributed by atoms with E-state index in [2.05, 4.69) is 0 Å². The smallest absolute Gasteiger partial charge is 0.259 e. The van der Waals surface area contributed by atoms with Gasteiger partial charge >= 0.3 is 0 Å². The molecule has 0 heterocycles. The molecule has 0 aliphatic heterocycles. The van der Waals surface area contributed by atoms with Gasteiger partial charge in [0.2, 0.25) is 0 Å². The first-order valence-corrected chi connectivity index (χ1v) is 5.07. The Hall–Kier alpha value is -1.96. The highest BCUT2D eigenvalue weighted by atomic mass is 19.1. The number of carbonyl (C=O) groups is 1. The lowest BCUT2D eigenvalue weighted by atomic mass is 10.1. The molecule has 0 fully saturated rings. The normalized spacial score (nSPS) is 11.7. The van der Waals surface area contributed by atoms with Gasteiger partial charge in [0.05, 0.1) is 12.5 Å². The quantitative estimate of drug-likeness (QED) is 0.811. The summed E-state index contributed by atoms with van der Waals surface area (Å²) in [6, 6.07) is 4.75. The molecule has 17 heavy (non-hydrogen) atoms. The van der Waals surface area contributed by atoms with Gasteiger partial charge in [-0.25, -0.2) is 8.78 Å². The molecule has 0 bridgehead atoms. The van der Waals surface area contributed by atoms with Crippen LogP contribution < -0.4 is 0 Å². The van der Waals surface area contributed by atoms with Gasteiger partial charge < -0.3 is 4.90 Å². The zero-order valence-corrected chi connectivity index (χ0v) is 9.58. The van der Waals surface area contributed by atoms with E-state index < -0.39 is 29.1 Å². The van der Waals surface area contributed by atoms with Crippen LogP contribution in [-0.4, -0.2) is 23.9 Å². The lowest BCUT2D eigenvalue weighted by Gasteiger charge is -2.23. The molecule has 1 rings (SSSR count). The molecule has 0 saturated carbocycles. The van der Waals surface area contributed by atoms with Crippen LogP contribution in [0, 0.1) is 23.0 Å². The first kappa shape index (κ1) is 13.1. The van der Waals surface area contributed by atoms with Crippen LogP contribution in [0.2, 0.25) is 0 Å². The van der Waals surface area contributed by atoms with Gasteiger partial charge in [0.15, 0.2) is 0 Å². The van der Waals surface area contributed by atoms with Crippen molar-refractivity contribution in [1.82, 2.24) is 4.90 Å². The summed E-state index contributed by atoms with van der Waals surface area (Å²) in [5, 5.41) is 8.51. The molecule has 0 N–H and O–H groups in total. The maximum atomic E-state index is 13.4. The number of carbonyl (C=O) groups excluding carboxylic acids is 1. The van der Waals surface area contributed by atoms with E-state index in [1.807, 2.05) is 6.07 Å². The number of benzene rings is 1. The molecule has 0 aliphatic carbocycles. The first-order valence-electron chi connectivity index (χ1n) is 5.07. The third-order valence-electron chi connectivity index (χ3n) is 2.54. The van der Waals surface area contributed by atoms with Crippen molar-refractivity contribution in [2.75, 3.05) is 7.05 Å². The minimum atomic E-state index is -0.897. The third kappa shape index (κ3) is 2.78. The molecular weight excluding hydrogens is 226 g/mol. The number of nitrogens with zero attached hydrogens (tertiary/aromatic N) is 2. The van der Waals surface area contributed by atoms with Gasteiger partial charge in [-0.1, -0.05) is 6.07 Å². The summed E-state index contributed by atoms with van der Waals surface area (Å²) in [7, 11) is 1.41. The van der Waals surface area contributed by atoms with E-state index in [4.69, 9.17) is 5.26 Å².